The van der Waals surface area contributed by atoms with Crippen molar-refractivity contribution < 1.29 is 35.5 Å². The standard InChI is InChI=1S/C90H77BF6N4O2/c1-85(2,3)55-26-36-61(37-27-55)98(62-38-28-56(29-39-62)86(4,5)6)65-44-45-71-79(51-65)102-80-52-66(100-73-46-34-59(89(92,93)94)48-69(73)70-49-60(90(95,96)97)35-47-74(70)100)50-76-82(80)91(71)83-77(101(76)72-24-18-16-22-67(72)54-20-14-13-15-21-54)53-75(81-68-23-17-19-25-78(68)103-84(81)83)99(63-40-30-57(31-41-63)87(7,8)9)64-42-32-58(33-43-64)88(10,11)12/h13-53H,1-12H3. The second-order valence-corrected chi connectivity index (χ2v) is 31.6. The van der Waals surface area contributed by atoms with E-state index < -0.39 is 30.2 Å². The van der Waals surface area contributed by atoms with Gasteiger partial charge in [-0.05, 0) is 181 Å². The van der Waals surface area contributed by atoms with Crippen molar-refractivity contribution in [1.29, 1.82) is 0 Å². The molecule has 0 bridgehead atoms. The lowest BCUT2D eigenvalue weighted by Crippen LogP contribution is -2.59. The zero-order valence-electron chi connectivity index (χ0n) is 59.6. The smallest absolute Gasteiger partial charge is 0.416 e. The lowest BCUT2D eigenvalue weighted by atomic mass is 9.34. The van der Waals surface area contributed by atoms with E-state index in [0.717, 1.165) is 108 Å². The van der Waals surface area contributed by atoms with Crippen molar-refractivity contribution in [2.24, 2.45) is 0 Å². The predicted octanol–water partition coefficient (Wildman–Crippen LogP) is 24.9. The van der Waals surface area contributed by atoms with Gasteiger partial charge in [0.1, 0.15) is 22.7 Å². The summed E-state index contributed by atoms with van der Waals surface area (Å²) in [5.41, 5.74) is 16.2. The molecule has 0 saturated heterocycles. The van der Waals surface area contributed by atoms with Gasteiger partial charge < -0.3 is 28.4 Å². The van der Waals surface area contributed by atoms with Crippen molar-refractivity contribution in [3.8, 4) is 28.3 Å². The number of fused-ring (bicyclic) bond motifs is 11. The molecule has 0 fully saturated rings. The number of hydrogen-bond donors (Lipinski definition) is 0. The highest BCUT2D eigenvalue weighted by molar-refractivity contribution is 7.00. The van der Waals surface area contributed by atoms with E-state index in [0.29, 0.717) is 34.0 Å². The first kappa shape index (κ1) is 66.6. The molecular formula is C90H77BF6N4O2. The minimum absolute atomic E-state index is 0.00179. The number of aromatic nitrogens is 1. The first-order chi connectivity index (χ1) is 48.9. The van der Waals surface area contributed by atoms with Gasteiger partial charge >= 0.3 is 12.4 Å². The fraction of sp³-hybridized carbons (Fsp3) is 0.200. The third-order valence-corrected chi connectivity index (χ3v) is 20.7. The Morgan fingerprint density at radius 2 is 0.806 bits per heavy atom. The number of halogens is 6. The molecule has 0 aliphatic carbocycles. The van der Waals surface area contributed by atoms with E-state index in [1.165, 1.54) is 34.4 Å². The van der Waals surface area contributed by atoms with Gasteiger partial charge in [0.25, 0.3) is 6.71 Å². The summed E-state index contributed by atoms with van der Waals surface area (Å²) in [6, 6.07) is 80.7. The van der Waals surface area contributed by atoms with Gasteiger partial charge in [0.15, 0.2) is 0 Å². The topological polar surface area (TPSA) is 37.0 Å². The summed E-state index contributed by atoms with van der Waals surface area (Å²) in [6.07, 6.45) is -9.61. The molecule has 0 unspecified atom stereocenters. The largest absolute Gasteiger partial charge is 0.458 e. The van der Waals surface area contributed by atoms with Crippen LogP contribution in [0.1, 0.15) is 116 Å². The Bertz CT molecular complexity index is 5490. The molecule has 103 heavy (non-hydrogen) atoms. The van der Waals surface area contributed by atoms with Crippen molar-refractivity contribution in [2.45, 2.75) is 117 Å². The molecule has 12 aromatic carbocycles. The van der Waals surface area contributed by atoms with Crippen LogP contribution >= 0.6 is 0 Å². The van der Waals surface area contributed by atoms with Gasteiger partial charge in [-0.1, -0.05) is 204 Å². The molecule has 14 aromatic rings. The molecule has 0 N–H and O–H groups in total. The Kier molecular flexibility index (Phi) is 15.4. The average Bonchev–Trinajstić information content (AvgIpc) is 1.68. The molecule has 6 nitrogen and oxygen atoms in total. The molecule has 0 saturated carbocycles. The van der Waals surface area contributed by atoms with Crippen molar-refractivity contribution in [3.63, 3.8) is 0 Å². The van der Waals surface area contributed by atoms with Crippen LogP contribution in [0.3, 0.4) is 0 Å². The Labute approximate surface area is 597 Å². The Balaban J connectivity index is 1.04. The Hall–Kier alpha value is -10.9. The minimum atomic E-state index is -4.80. The highest BCUT2D eigenvalue weighted by Gasteiger charge is 2.47. The quantitative estimate of drug-likeness (QED) is 0.106. The number of ether oxygens (including phenoxy) is 1. The third kappa shape index (κ3) is 11.6. The van der Waals surface area contributed by atoms with Crippen molar-refractivity contribution in [2.75, 3.05) is 14.7 Å². The fourth-order valence-corrected chi connectivity index (χ4v) is 15.3. The first-order valence-corrected chi connectivity index (χ1v) is 35.0. The van der Waals surface area contributed by atoms with E-state index in [9.17, 15) is 26.3 Å². The number of hydrogen-bond acceptors (Lipinski definition) is 5. The number of nitrogens with zero attached hydrogens (tertiary/aromatic N) is 4. The highest BCUT2D eigenvalue weighted by atomic mass is 19.4. The second kappa shape index (κ2) is 23.8. The van der Waals surface area contributed by atoms with Crippen molar-refractivity contribution in [1.82, 2.24) is 4.57 Å². The summed E-state index contributed by atoms with van der Waals surface area (Å²) >= 11 is 0. The zero-order valence-corrected chi connectivity index (χ0v) is 59.6. The molecule has 0 atom stereocenters. The maximum atomic E-state index is 15.0. The summed E-state index contributed by atoms with van der Waals surface area (Å²) < 4.78 is 107. The second-order valence-electron chi connectivity index (χ2n) is 31.6. The summed E-state index contributed by atoms with van der Waals surface area (Å²) in [4.78, 5) is 6.83. The summed E-state index contributed by atoms with van der Waals surface area (Å²) in [7, 11) is 0. The van der Waals surface area contributed by atoms with E-state index in [-0.39, 0.29) is 43.5 Å². The van der Waals surface area contributed by atoms with Crippen molar-refractivity contribution >= 4 is 118 Å². The van der Waals surface area contributed by atoms with Gasteiger partial charge in [-0.25, -0.2) is 0 Å². The van der Waals surface area contributed by atoms with E-state index in [1.807, 2.05) is 60.7 Å². The van der Waals surface area contributed by atoms with Crippen LogP contribution in [0.4, 0.5) is 77.5 Å². The number of benzene rings is 12. The number of rotatable bonds is 9. The van der Waals surface area contributed by atoms with Crippen LogP contribution in [-0.4, -0.2) is 11.3 Å². The molecule has 4 heterocycles. The van der Waals surface area contributed by atoms with Crippen molar-refractivity contribution in [3.05, 3.63) is 282 Å². The van der Waals surface area contributed by atoms with Gasteiger partial charge in [-0.3, -0.25) is 0 Å². The Morgan fingerprint density at radius 1 is 0.359 bits per heavy atom. The molecule has 514 valence electrons. The maximum absolute atomic E-state index is 15.0. The molecule has 2 aliphatic rings. The monoisotopic (exact) mass is 1370 g/mol. The molecule has 16 rings (SSSR count). The fourth-order valence-electron chi connectivity index (χ4n) is 15.3. The van der Waals surface area contributed by atoms with E-state index in [2.05, 4.69) is 249 Å². The van der Waals surface area contributed by atoms with Gasteiger partial charge in [0.2, 0.25) is 0 Å². The number of furan rings is 1. The number of para-hydroxylation sites is 2. The van der Waals surface area contributed by atoms with Crippen LogP contribution in [0, 0.1) is 0 Å². The lowest BCUT2D eigenvalue weighted by molar-refractivity contribution is -0.138. The molecule has 0 radical (unpaired) electrons. The van der Waals surface area contributed by atoms with E-state index >= 15 is 0 Å². The van der Waals surface area contributed by atoms with Crippen LogP contribution in [-0.2, 0) is 34.0 Å². The third-order valence-electron chi connectivity index (χ3n) is 20.7. The lowest BCUT2D eigenvalue weighted by Gasteiger charge is -2.42. The van der Waals surface area contributed by atoms with Gasteiger partial charge in [-0.15, -0.1) is 0 Å². The molecule has 2 aromatic heterocycles. The first-order valence-electron chi connectivity index (χ1n) is 35.0. The minimum Gasteiger partial charge on any atom is -0.458 e. The van der Waals surface area contributed by atoms with Crippen LogP contribution in [0.2, 0.25) is 0 Å². The summed E-state index contributed by atoms with van der Waals surface area (Å²) in [5, 5.41) is 1.78. The van der Waals surface area contributed by atoms with Crippen LogP contribution in [0.5, 0.6) is 11.5 Å². The summed E-state index contributed by atoms with van der Waals surface area (Å²) in [6.45, 7) is 25.8. The van der Waals surface area contributed by atoms with Crippen LogP contribution in [0.15, 0.2) is 253 Å². The zero-order chi connectivity index (χ0) is 72.2. The van der Waals surface area contributed by atoms with Crippen LogP contribution in [0.25, 0.3) is 60.6 Å². The molecular weight excluding hydrogens is 1290 g/mol. The molecule has 2 aliphatic heterocycles. The predicted molar refractivity (Wildman–Crippen MR) is 414 cm³/mol. The highest BCUT2D eigenvalue weighted by Crippen LogP contribution is 2.53. The van der Waals surface area contributed by atoms with E-state index in [1.54, 1.807) is 4.57 Å². The van der Waals surface area contributed by atoms with Crippen LogP contribution < -0.4 is 35.8 Å². The Morgan fingerprint density at radius 3 is 1.31 bits per heavy atom. The summed E-state index contributed by atoms with van der Waals surface area (Å²) in [5.74, 6) is 0.955. The van der Waals surface area contributed by atoms with Gasteiger partial charge in [0, 0.05) is 73.7 Å². The van der Waals surface area contributed by atoms with Gasteiger partial charge in [0.05, 0.1) is 44.6 Å². The number of anilines is 9. The number of alkyl halides is 6. The molecule has 13 heteroatoms. The average molecular weight is 1370 g/mol. The van der Waals surface area contributed by atoms with Gasteiger partial charge in [-0.2, -0.15) is 26.3 Å². The SMILES string of the molecule is CC(C)(C)c1ccc(N(c2ccc(C(C)(C)C)cc2)c2ccc3c(c2)Oc2cc(-n4c5ccc(C(F)(F)F)cc5c5cc(C(F)(F)F)ccc54)cc4c2B3c2c(cc(N(c3ccc(C(C)(C)C)cc3)c3ccc(C(C)(C)C)cc3)c3c2oc2ccccc23)N4c2ccccc2-c2ccccc2)cc1. The molecule has 0 amide bonds. The van der Waals surface area contributed by atoms with E-state index in [4.69, 9.17) is 9.15 Å². The normalized spacial score (nSPS) is 13.4. The molecule has 0 spiro atoms. The maximum Gasteiger partial charge on any atom is 0.416 e.